The predicted octanol–water partition coefficient (Wildman–Crippen LogP) is 4.11. The summed E-state index contributed by atoms with van der Waals surface area (Å²) in [5.41, 5.74) is 1.91. The Morgan fingerprint density at radius 1 is 0.897 bits per heavy atom. The maximum atomic E-state index is 13.1. The number of nitrogens with one attached hydrogen (secondary N) is 1. The van der Waals surface area contributed by atoms with Crippen molar-refractivity contribution < 1.29 is 13.2 Å². The van der Waals surface area contributed by atoms with E-state index in [0.717, 1.165) is 15.4 Å². The van der Waals surface area contributed by atoms with Crippen LogP contribution in [0, 0.1) is 0 Å². The first-order chi connectivity index (χ1) is 13.8. The first kappa shape index (κ1) is 21.0. The van der Waals surface area contributed by atoms with Crippen LogP contribution in [0.25, 0.3) is 0 Å². The van der Waals surface area contributed by atoms with Gasteiger partial charge in [0.2, 0.25) is 10.0 Å². The molecule has 0 aliphatic heterocycles. The molecule has 0 atom stereocenters. The Morgan fingerprint density at radius 3 is 1.90 bits per heavy atom. The van der Waals surface area contributed by atoms with Crippen molar-refractivity contribution in [3.05, 3.63) is 101 Å². The molecular weight excluding hydrogens is 408 g/mol. The fourth-order valence-corrected chi connectivity index (χ4v) is 4.04. The van der Waals surface area contributed by atoms with Crippen LogP contribution in [0.3, 0.4) is 0 Å². The molecule has 0 saturated carbocycles. The Morgan fingerprint density at radius 2 is 1.41 bits per heavy atom. The number of benzene rings is 3. The fraction of sp³-hybridized carbons (Fsp3) is 0.136. The smallest absolute Gasteiger partial charge is 0.253 e. The molecule has 3 rings (SSSR count). The molecule has 0 radical (unpaired) electrons. The molecule has 5 nitrogen and oxygen atoms in total. The first-order valence-corrected chi connectivity index (χ1v) is 10.8. The van der Waals surface area contributed by atoms with Crippen molar-refractivity contribution in [1.29, 1.82) is 0 Å². The van der Waals surface area contributed by atoms with E-state index in [-0.39, 0.29) is 15.5 Å². The molecular formula is C22H21ClN2O3S. The van der Waals surface area contributed by atoms with Crippen LogP contribution < -0.4 is 5.32 Å². The number of carbonyl (C=O) groups is 1. The molecule has 0 bridgehead atoms. The molecule has 3 aromatic rings. The highest BCUT2D eigenvalue weighted by Gasteiger charge is 2.23. The van der Waals surface area contributed by atoms with E-state index in [0.29, 0.717) is 0 Å². The molecule has 0 fully saturated rings. The number of carbonyl (C=O) groups excluding carboxylic acids is 1. The average Bonchev–Trinajstić information content (AvgIpc) is 2.73. The molecule has 3 aromatic carbocycles. The van der Waals surface area contributed by atoms with Crippen LogP contribution >= 0.6 is 11.6 Å². The minimum atomic E-state index is -3.69. The molecule has 1 amide bonds. The van der Waals surface area contributed by atoms with Crippen LogP contribution in [0.15, 0.2) is 83.8 Å². The normalized spacial score (nSPS) is 11.6. The average molecular weight is 429 g/mol. The summed E-state index contributed by atoms with van der Waals surface area (Å²) in [6, 6.07) is 22.8. The van der Waals surface area contributed by atoms with Gasteiger partial charge in [0.25, 0.3) is 5.91 Å². The number of hydrogen-bond acceptors (Lipinski definition) is 3. The lowest BCUT2D eigenvalue weighted by molar-refractivity contribution is 0.0943. The summed E-state index contributed by atoms with van der Waals surface area (Å²) in [7, 11) is -0.818. The van der Waals surface area contributed by atoms with Gasteiger partial charge < -0.3 is 5.32 Å². The third-order valence-electron chi connectivity index (χ3n) is 4.50. The van der Waals surface area contributed by atoms with E-state index in [1.807, 2.05) is 60.7 Å². The first-order valence-electron chi connectivity index (χ1n) is 8.93. The Bertz CT molecular complexity index is 1060. The van der Waals surface area contributed by atoms with Crippen LogP contribution in [-0.4, -0.2) is 32.7 Å². The van der Waals surface area contributed by atoms with Crippen LogP contribution in [0.2, 0.25) is 5.02 Å². The van der Waals surface area contributed by atoms with E-state index in [1.165, 1.54) is 32.3 Å². The van der Waals surface area contributed by atoms with E-state index in [2.05, 4.69) is 5.32 Å². The summed E-state index contributed by atoms with van der Waals surface area (Å²) in [5.74, 6) is -0.455. The van der Waals surface area contributed by atoms with Crippen LogP contribution in [0.5, 0.6) is 0 Å². The number of sulfonamides is 1. The van der Waals surface area contributed by atoms with E-state index in [9.17, 15) is 13.2 Å². The molecule has 0 unspecified atom stereocenters. The minimum Gasteiger partial charge on any atom is -0.341 e. The maximum absolute atomic E-state index is 13.1. The van der Waals surface area contributed by atoms with Gasteiger partial charge in [-0.25, -0.2) is 12.7 Å². The second-order valence-electron chi connectivity index (χ2n) is 6.66. The zero-order valence-electron chi connectivity index (χ0n) is 16.0. The molecule has 0 aliphatic carbocycles. The molecule has 0 aliphatic rings. The lowest BCUT2D eigenvalue weighted by Crippen LogP contribution is -2.30. The molecule has 7 heteroatoms. The number of amides is 1. The molecule has 150 valence electrons. The number of nitrogens with zero attached hydrogens (tertiary/aromatic N) is 1. The topological polar surface area (TPSA) is 66.5 Å². The van der Waals surface area contributed by atoms with Crippen molar-refractivity contribution in [2.24, 2.45) is 0 Å². The Hall–Kier alpha value is -2.67. The van der Waals surface area contributed by atoms with Gasteiger partial charge >= 0.3 is 0 Å². The minimum absolute atomic E-state index is 0.00743. The molecule has 0 spiro atoms. The summed E-state index contributed by atoms with van der Waals surface area (Å²) >= 11 is 6.23. The van der Waals surface area contributed by atoms with Gasteiger partial charge in [0.05, 0.1) is 21.5 Å². The van der Waals surface area contributed by atoms with Crippen molar-refractivity contribution >= 4 is 27.5 Å². The standard InChI is InChI=1S/C22H21ClN2O3S/c1-25(2)29(27,28)18-13-14-20(23)19(15-18)22(26)24-21(16-9-5-3-6-10-16)17-11-7-4-8-12-17/h3-15,21H,1-2H3,(H,24,26). The third kappa shape index (κ3) is 4.67. The summed E-state index contributed by atoms with van der Waals surface area (Å²) < 4.78 is 26.0. The van der Waals surface area contributed by atoms with Gasteiger partial charge in [-0.2, -0.15) is 0 Å². The van der Waals surface area contributed by atoms with Crippen molar-refractivity contribution in [2.75, 3.05) is 14.1 Å². The molecule has 0 aromatic heterocycles. The van der Waals surface area contributed by atoms with Gasteiger partial charge in [0, 0.05) is 14.1 Å². The second-order valence-corrected chi connectivity index (χ2v) is 9.22. The van der Waals surface area contributed by atoms with Crippen LogP contribution in [0.1, 0.15) is 27.5 Å². The summed E-state index contributed by atoms with van der Waals surface area (Å²) in [5, 5.41) is 3.16. The lowest BCUT2D eigenvalue weighted by atomic mass is 9.98. The summed E-state index contributed by atoms with van der Waals surface area (Å²) in [4.78, 5) is 13.1. The summed E-state index contributed by atoms with van der Waals surface area (Å²) in [6.07, 6.45) is 0. The van der Waals surface area contributed by atoms with Gasteiger partial charge in [-0.1, -0.05) is 72.3 Å². The highest BCUT2D eigenvalue weighted by atomic mass is 35.5. The van der Waals surface area contributed by atoms with E-state index >= 15 is 0 Å². The Labute approximate surface area is 176 Å². The van der Waals surface area contributed by atoms with Crippen molar-refractivity contribution in [1.82, 2.24) is 9.62 Å². The van der Waals surface area contributed by atoms with Crippen molar-refractivity contribution in [3.63, 3.8) is 0 Å². The van der Waals surface area contributed by atoms with Crippen LogP contribution in [-0.2, 0) is 10.0 Å². The fourth-order valence-electron chi connectivity index (χ4n) is 2.91. The highest BCUT2D eigenvalue weighted by molar-refractivity contribution is 7.89. The lowest BCUT2D eigenvalue weighted by Gasteiger charge is -2.21. The second kappa shape index (κ2) is 8.78. The predicted molar refractivity (Wildman–Crippen MR) is 115 cm³/mol. The van der Waals surface area contributed by atoms with E-state index in [1.54, 1.807) is 0 Å². The molecule has 1 N–H and O–H groups in total. The zero-order chi connectivity index (χ0) is 21.0. The van der Waals surface area contributed by atoms with Gasteiger partial charge in [-0.15, -0.1) is 0 Å². The van der Waals surface area contributed by atoms with Crippen LogP contribution in [0.4, 0.5) is 0 Å². The quantitative estimate of drug-likeness (QED) is 0.642. The highest BCUT2D eigenvalue weighted by Crippen LogP contribution is 2.26. The maximum Gasteiger partial charge on any atom is 0.253 e. The number of rotatable bonds is 6. The van der Waals surface area contributed by atoms with Crippen molar-refractivity contribution in [2.45, 2.75) is 10.9 Å². The number of hydrogen-bond donors (Lipinski definition) is 1. The monoisotopic (exact) mass is 428 g/mol. The zero-order valence-corrected chi connectivity index (χ0v) is 17.6. The third-order valence-corrected chi connectivity index (χ3v) is 6.64. The van der Waals surface area contributed by atoms with E-state index in [4.69, 9.17) is 11.6 Å². The molecule has 0 saturated heterocycles. The SMILES string of the molecule is CN(C)S(=O)(=O)c1ccc(Cl)c(C(=O)NC(c2ccccc2)c2ccccc2)c1. The van der Waals surface area contributed by atoms with Gasteiger partial charge in [-0.3, -0.25) is 4.79 Å². The van der Waals surface area contributed by atoms with Gasteiger partial charge in [0.1, 0.15) is 0 Å². The Kier molecular flexibility index (Phi) is 6.37. The summed E-state index contributed by atoms with van der Waals surface area (Å²) in [6.45, 7) is 0. The largest absolute Gasteiger partial charge is 0.341 e. The van der Waals surface area contributed by atoms with Gasteiger partial charge in [0.15, 0.2) is 0 Å². The molecule has 0 heterocycles. The van der Waals surface area contributed by atoms with Crippen molar-refractivity contribution in [3.8, 4) is 0 Å². The van der Waals surface area contributed by atoms with E-state index < -0.39 is 22.0 Å². The molecule has 29 heavy (non-hydrogen) atoms. The van der Waals surface area contributed by atoms with Gasteiger partial charge in [-0.05, 0) is 29.3 Å². The Balaban J connectivity index is 1.99. The number of halogens is 1.